The molecule has 2 amide bonds. The van der Waals surface area contributed by atoms with Crippen LogP contribution in [-0.2, 0) is 11.2 Å². The van der Waals surface area contributed by atoms with Crippen LogP contribution < -0.4 is 5.73 Å². The van der Waals surface area contributed by atoms with Gasteiger partial charge in [0.25, 0.3) is 5.91 Å². The summed E-state index contributed by atoms with van der Waals surface area (Å²) in [6, 6.07) is 10.0. The van der Waals surface area contributed by atoms with Crippen LogP contribution in [0.2, 0.25) is 5.02 Å². The first-order valence-corrected chi connectivity index (χ1v) is 10.2. The van der Waals surface area contributed by atoms with Crippen LogP contribution in [0.15, 0.2) is 54.9 Å². The molecular formula is C23H20ClFN4O2. The fraction of sp³-hybridized carbons (Fsp3) is 0.217. The molecule has 4 rings (SSSR count). The van der Waals surface area contributed by atoms with Crippen molar-refractivity contribution in [1.29, 1.82) is 0 Å². The molecule has 2 N–H and O–H groups in total. The highest BCUT2D eigenvalue weighted by Gasteiger charge is 2.41. The van der Waals surface area contributed by atoms with Gasteiger partial charge in [0, 0.05) is 17.4 Å². The number of hydrogen-bond acceptors (Lipinski definition) is 4. The Bertz CT molecular complexity index is 1160. The molecule has 0 aliphatic heterocycles. The van der Waals surface area contributed by atoms with Crippen LogP contribution in [0.4, 0.5) is 4.39 Å². The maximum atomic E-state index is 14.6. The Morgan fingerprint density at radius 3 is 2.58 bits per heavy atom. The molecule has 31 heavy (non-hydrogen) atoms. The molecule has 2 atom stereocenters. The molecule has 1 aromatic heterocycles. The summed E-state index contributed by atoms with van der Waals surface area (Å²) < 4.78 is 14.6. The highest BCUT2D eigenvalue weighted by atomic mass is 35.5. The van der Waals surface area contributed by atoms with Gasteiger partial charge in [0.1, 0.15) is 17.6 Å². The number of nitrogens with two attached hydrogens (primary N) is 1. The van der Waals surface area contributed by atoms with E-state index in [0.717, 1.165) is 0 Å². The molecule has 1 aliphatic carbocycles. The number of fused-ring (bicyclic) bond motifs is 1. The number of amides is 2. The van der Waals surface area contributed by atoms with Gasteiger partial charge in [-0.1, -0.05) is 41.9 Å². The van der Waals surface area contributed by atoms with Crippen molar-refractivity contribution in [2.75, 3.05) is 0 Å². The third-order valence-corrected chi connectivity index (χ3v) is 5.76. The summed E-state index contributed by atoms with van der Waals surface area (Å²) in [5.41, 5.74) is 7.95. The van der Waals surface area contributed by atoms with Crippen LogP contribution in [0.5, 0.6) is 0 Å². The van der Waals surface area contributed by atoms with Gasteiger partial charge < -0.3 is 10.6 Å². The highest BCUT2D eigenvalue weighted by molar-refractivity contribution is 6.30. The van der Waals surface area contributed by atoms with Crippen molar-refractivity contribution in [3.8, 4) is 0 Å². The van der Waals surface area contributed by atoms with Crippen molar-refractivity contribution in [1.82, 2.24) is 14.9 Å². The van der Waals surface area contributed by atoms with E-state index in [2.05, 4.69) is 9.97 Å². The minimum Gasteiger partial charge on any atom is -0.368 e. The predicted molar refractivity (Wildman–Crippen MR) is 114 cm³/mol. The third kappa shape index (κ3) is 3.88. The summed E-state index contributed by atoms with van der Waals surface area (Å²) in [6.07, 6.45) is 3.74. The lowest BCUT2D eigenvalue weighted by molar-refractivity contribution is -0.123. The van der Waals surface area contributed by atoms with Gasteiger partial charge in [0.05, 0.1) is 11.7 Å². The van der Waals surface area contributed by atoms with E-state index in [1.807, 2.05) is 0 Å². The summed E-state index contributed by atoms with van der Waals surface area (Å²) in [6.45, 7) is 1.67. The zero-order chi connectivity index (χ0) is 22.1. The molecule has 1 aliphatic rings. The van der Waals surface area contributed by atoms with E-state index in [9.17, 15) is 14.0 Å². The Hall–Kier alpha value is -3.32. The maximum absolute atomic E-state index is 14.6. The molecule has 1 heterocycles. The Morgan fingerprint density at radius 2 is 1.90 bits per heavy atom. The molecule has 0 unspecified atom stereocenters. The van der Waals surface area contributed by atoms with Crippen LogP contribution >= 0.6 is 11.6 Å². The largest absolute Gasteiger partial charge is 0.368 e. The Balaban J connectivity index is 1.90. The molecule has 6 nitrogen and oxygen atoms in total. The molecule has 0 saturated heterocycles. The molecule has 2 aromatic carbocycles. The van der Waals surface area contributed by atoms with Crippen molar-refractivity contribution in [3.63, 3.8) is 0 Å². The number of halogens is 2. The molecule has 0 fully saturated rings. The second-order valence-electron chi connectivity index (χ2n) is 7.43. The number of benzene rings is 2. The van der Waals surface area contributed by atoms with Crippen molar-refractivity contribution in [3.05, 3.63) is 93.8 Å². The van der Waals surface area contributed by atoms with Crippen molar-refractivity contribution >= 4 is 23.4 Å². The van der Waals surface area contributed by atoms with Gasteiger partial charge in [0.15, 0.2) is 0 Å². The molecule has 8 heteroatoms. The molecule has 3 aromatic rings. The average molecular weight is 439 g/mol. The Labute approximate surface area is 183 Å². The summed E-state index contributed by atoms with van der Waals surface area (Å²) in [4.78, 5) is 36.1. The topological polar surface area (TPSA) is 89.2 Å². The lowest BCUT2D eigenvalue weighted by atomic mass is 9.98. The van der Waals surface area contributed by atoms with E-state index >= 15 is 0 Å². The van der Waals surface area contributed by atoms with Crippen LogP contribution in [-0.4, -0.2) is 26.7 Å². The standard InChI is InChI=1S/C23H20ClFN4O2/c1-13-20(28-10-9-27-13)23(31)29(21(22(26)30)14-5-3-2-4-6-14)19-8-7-16-17(19)11-15(24)12-18(16)25/h2-6,9-12,19,21H,7-8H2,1H3,(H2,26,30)/t19-,21-/m1/s1. The van der Waals surface area contributed by atoms with E-state index in [4.69, 9.17) is 17.3 Å². The number of primary amides is 1. The molecule has 0 spiro atoms. The maximum Gasteiger partial charge on any atom is 0.275 e. The number of hydrogen-bond donors (Lipinski definition) is 1. The lowest BCUT2D eigenvalue weighted by Crippen LogP contribution is -2.44. The molecule has 158 valence electrons. The van der Waals surface area contributed by atoms with Crippen LogP contribution in [0.3, 0.4) is 0 Å². The highest BCUT2D eigenvalue weighted by Crippen LogP contribution is 2.43. The average Bonchev–Trinajstić information content (AvgIpc) is 3.16. The number of carbonyl (C=O) groups is 2. The van der Waals surface area contributed by atoms with Gasteiger partial charge in [-0.2, -0.15) is 0 Å². The van der Waals surface area contributed by atoms with Crippen LogP contribution in [0.25, 0.3) is 0 Å². The summed E-state index contributed by atoms with van der Waals surface area (Å²) >= 11 is 6.12. The van der Waals surface area contributed by atoms with Gasteiger partial charge >= 0.3 is 0 Å². The Kier molecular flexibility index (Phi) is 5.69. The third-order valence-electron chi connectivity index (χ3n) is 5.54. The SMILES string of the molecule is Cc1nccnc1C(=O)N([C@@H]1CCc2c(F)cc(Cl)cc21)[C@@H](C(N)=O)c1ccccc1. The van der Waals surface area contributed by atoms with Crippen LogP contribution in [0.1, 0.15) is 51.4 Å². The van der Waals surface area contributed by atoms with Gasteiger partial charge in [-0.25, -0.2) is 9.37 Å². The molecule has 0 radical (unpaired) electrons. The first-order valence-electron chi connectivity index (χ1n) is 9.81. The predicted octanol–water partition coefficient (Wildman–Crippen LogP) is 3.93. The van der Waals surface area contributed by atoms with E-state index in [-0.39, 0.29) is 10.7 Å². The minimum atomic E-state index is -1.08. The van der Waals surface area contributed by atoms with Gasteiger partial charge in [-0.3, -0.25) is 14.6 Å². The second-order valence-corrected chi connectivity index (χ2v) is 7.86. The lowest BCUT2D eigenvalue weighted by Gasteiger charge is -2.35. The number of carbonyl (C=O) groups excluding carboxylic acids is 2. The summed E-state index contributed by atoms with van der Waals surface area (Å²) in [7, 11) is 0. The van der Waals surface area contributed by atoms with Gasteiger partial charge in [0.2, 0.25) is 5.91 Å². The van der Waals surface area contributed by atoms with E-state index in [1.165, 1.54) is 23.4 Å². The fourth-order valence-corrected chi connectivity index (χ4v) is 4.40. The number of rotatable bonds is 5. The summed E-state index contributed by atoms with van der Waals surface area (Å²) in [5, 5.41) is 0.224. The van der Waals surface area contributed by atoms with Crippen molar-refractivity contribution in [2.45, 2.75) is 31.8 Å². The van der Waals surface area contributed by atoms with Crippen LogP contribution in [0, 0.1) is 12.7 Å². The number of aryl methyl sites for hydroxylation is 1. The summed E-state index contributed by atoms with van der Waals surface area (Å²) in [5.74, 6) is -1.63. The zero-order valence-corrected chi connectivity index (χ0v) is 17.5. The van der Waals surface area contributed by atoms with E-state index < -0.39 is 29.7 Å². The first kappa shape index (κ1) is 20.9. The fourth-order valence-electron chi connectivity index (χ4n) is 4.19. The van der Waals surface area contributed by atoms with Gasteiger partial charge in [-0.05, 0) is 48.6 Å². The zero-order valence-electron chi connectivity index (χ0n) is 16.8. The van der Waals surface area contributed by atoms with E-state index in [0.29, 0.717) is 35.2 Å². The number of nitrogens with zero attached hydrogens (tertiary/aromatic N) is 3. The molecule has 0 bridgehead atoms. The smallest absolute Gasteiger partial charge is 0.275 e. The monoisotopic (exact) mass is 438 g/mol. The van der Waals surface area contributed by atoms with Gasteiger partial charge in [-0.15, -0.1) is 0 Å². The second kappa shape index (κ2) is 8.43. The normalized spacial score (nSPS) is 15.9. The molecular weight excluding hydrogens is 419 g/mol. The Morgan fingerprint density at radius 1 is 1.19 bits per heavy atom. The number of aromatic nitrogens is 2. The quantitative estimate of drug-likeness (QED) is 0.653. The minimum absolute atomic E-state index is 0.112. The van der Waals surface area contributed by atoms with Crippen molar-refractivity contribution in [2.24, 2.45) is 5.73 Å². The van der Waals surface area contributed by atoms with E-state index in [1.54, 1.807) is 43.3 Å². The van der Waals surface area contributed by atoms with Crippen molar-refractivity contribution < 1.29 is 14.0 Å². The molecule has 0 saturated carbocycles. The first-order chi connectivity index (χ1) is 14.9.